The Morgan fingerprint density at radius 3 is 2.39 bits per heavy atom. The second-order valence-corrected chi connectivity index (χ2v) is 10.6. The van der Waals surface area contributed by atoms with Crippen LogP contribution in [0.3, 0.4) is 0 Å². The highest BCUT2D eigenvalue weighted by Gasteiger charge is 2.36. The Morgan fingerprint density at radius 2 is 1.66 bits per heavy atom. The van der Waals surface area contributed by atoms with Gasteiger partial charge < -0.3 is 9.47 Å². The third kappa shape index (κ3) is 6.67. The van der Waals surface area contributed by atoms with Crippen molar-refractivity contribution in [2.24, 2.45) is 0 Å². The van der Waals surface area contributed by atoms with Crippen LogP contribution < -0.4 is 19.7 Å². The molecule has 0 saturated carbocycles. The minimum atomic E-state index is -0.831. The number of hydrogen-bond donors (Lipinski definition) is 1. The lowest BCUT2D eigenvalue weighted by Crippen LogP contribution is -2.54. The van der Waals surface area contributed by atoms with E-state index in [1.165, 1.54) is 6.08 Å². The predicted molar refractivity (Wildman–Crippen MR) is 161 cm³/mol. The predicted octanol–water partition coefficient (Wildman–Crippen LogP) is 7.24. The van der Waals surface area contributed by atoms with E-state index in [0.29, 0.717) is 33.2 Å². The topological polar surface area (TPSA) is 84.9 Å². The van der Waals surface area contributed by atoms with E-state index in [2.05, 4.69) is 21.2 Å². The zero-order chi connectivity index (χ0) is 28.9. The first kappa shape index (κ1) is 28.1. The molecule has 0 aliphatic carbocycles. The van der Waals surface area contributed by atoms with Crippen molar-refractivity contribution in [3.8, 4) is 11.5 Å². The number of carbonyl (C=O) groups is 3. The summed E-state index contributed by atoms with van der Waals surface area (Å²) >= 11 is 9.68. The molecule has 0 atom stereocenters. The van der Waals surface area contributed by atoms with E-state index < -0.39 is 17.8 Å². The fraction of sp³-hybridized carbons (Fsp3) is 0.0938. The van der Waals surface area contributed by atoms with Gasteiger partial charge in [0.1, 0.15) is 30.3 Å². The van der Waals surface area contributed by atoms with Crippen LogP contribution in [0.1, 0.15) is 22.3 Å². The molecule has 1 saturated heterocycles. The lowest BCUT2D eigenvalue weighted by Gasteiger charge is -2.26. The maximum atomic E-state index is 13.3. The standard InChI is InChI=1S/C32H24BrClN2O5/c1-20-5-4-6-22(15-20)18-41-29-14-9-21(17-27(29)33)16-26-30(37)35-32(39)36(31(26)38)24-10-12-25(13-11-24)40-19-23-7-2-3-8-28(23)34/h2-17H,18-19H2,1H3,(H,35,37,39)/b26-16+. The normalized spacial score (nSPS) is 14.3. The zero-order valence-electron chi connectivity index (χ0n) is 21.9. The highest BCUT2D eigenvalue weighted by atomic mass is 79.9. The van der Waals surface area contributed by atoms with Crippen molar-refractivity contribution in [2.45, 2.75) is 20.1 Å². The lowest BCUT2D eigenvalue weighted by atomic mass is 10.1. The summed E-state index contributed by atoms with van der Waals surface area (Å²) in [5, 5.41) is 2.84. The number of hydrogen-bond acceptors (Lipinski definition) is 5. The van der Waals surface area contributed by atoms with Crippen molar-refractivity contribution in [1.82, 2.24) is 5.32 Å². The maximum Gasteiger partial charge on any atom is 0.335 e. The van der Waals surface area contributed by atoms with E-state index in [9.17, 15) is 14.4 Å². The molecule has 4 aromatic rings. The Kier molecular flexibility index (Phi) is 8.52. The van der Waals surface area contributed by atoms with Gasteiger partial charge in [0.2, 0.25) is 0 Å². The molecule has 0 radical (unpaired) electrons. The van der Waals surface area contributed by atoms with Crippen LogP contribution in [0, 0.1) is 6.92 Å². The van der Waals surface area contributed by atoms with Gasteiger partial charge in [-0.15, -0.1) is 0 Å². The van der Waals surface area contributed by atoms with E-state index in [-0.39, 0.29) is 17.9 Å². The Morgan fingerprint density at radius 1 is 0.878 bits per heavy atom. The van der Waals surface area contributed by atoms with E-state index in [1.54, 1.807) is 48.5 Å². The van der Waals surface area contributed by atoms with Crippen molar-refractivity contribution in [3.63, 3.8) is 0 Å². The first-order valence-electron chi connectivity index (χ1n) is 12.6. The minimum absolute atomic E-state index is 0.177. The Balaban J connectivity index is 1.29. The fourth-order valence-corrected chi connectivity index (χ4v) is 4.91. The summed E-state index contributed by atoms with van der Waals surface area (Å²) in [6.45, 7) is 2.67. The summed E-state index contributed by atoms with van der Waals surface area (Å²) in [5.41, 5.74) is 3.71. The number of aryl methyl sites for hydroxylation is 1. The summed E-state index contributed by atoms with van der Waals surface area (Å²) in [4.78, 5) is 39.5. The summed E-state index contributed by atoms with van der Waals surface area (Å²) in [6.07, 6.45) is 1.44. The molecule has 4 aromatic carbocycles. The number of ether oxygens (including phenoxy) is 2. The number of nitrogens with zero attached hydrogens (tertiary/aromatic N) is 1. The van der Waals surface area contributed by atoms with Crippen molar-refractivity contribution >= 4 is 57.1 Å². The van der Waals surface area contributed by atoms with Gasteiger partial charge in [0.15, 0.2) is 0 Å². The zero-order valence-corrected chi connectivity index (χ0v) is 24.2. The van der Waals surface area contributed by atoms with Crippen LogP contribution in [0.4, 0.5) is 10.5 Å². The Bertz CT molecular complexity index is 1670. The molecular weight excluding hydrogens is 608 g/mol. The molecule has 1 heterocycles. The maximum absolute atomic E-state index is 13.3. The van der Waals surface area contributed by atoms with Gasteiger partial charge >= 0.3 is 6.03 Å². The third-order valence-corrected chi connectivity index (χ3v) is 7.28. The Labute approximate surface area is 250 Å². The van der Waals surface area contributed by atoms with Crippen LogP contribution >= 0.6 is 27.5 Å². The van der Waals surface area contributed by atoms with Crippen LogP contribution in [0.2, 0.25) is 5.02 Å². The van der Waals surface area contributed by atoms with Crippen LogP contribution in [0.25, 0.3) is 6.08 Å². The number of barbiturate groups is 1. The first-order chi connectivity index (χ1) is 19.8. The average Bonchev–Trinajstić information content (AvgIpc) is 2.95. The molecule has 1 N–H and O–H groups in total. The molecule has 0 unspecified atom stereocenters. The number of imide groups is 2. The molecule has 0 bridgehead atoms. The van der Waals surface area contributed by atoms with Crippen molar-refractivity contribution in [2.75, 3.05) is 4.90 Å². The van der Waals surface area contributed by atoms with Crippen molar-refractivity contribution in [3.05, 3.63) is 128 Å². The van der Waals surface area contributed by atoms with Gasteiger partial charge in [-0.05, 0) is 82.5 Å². The molecule has 0 aromatic heterocycles. The van der Waals surface area contributed by atoms with Crippen LogP contribution in [0.5, 0.6) is 11.5 Å². The number of rotatable bonds is 8. The van der Waals surface area contributed by atoms with Gasteiger partial charge in [0.05, 0.1) is 10.2 Å². The van der Waals surface area contributed by atoms with Gasteiger partial charge in [0, 0.05) is 10.6 Å². The number of benzene rings is 4. The van der Waals surface area contributed by atoms with Gasteiger partial charge in [-0.3, -0.25) is 14.9 Å². The molecule has 4 amide bonds. The molecular formula is C32H24BrClN2O5. The number of urea groups is 1. The highest BCUT2D eigenvalue weighted by molar-refractivity contribution is 9.10. The van der Waals surface area contributed by atoms with Gasteiger partial charge in [-0.25, -0.2) is 9.69 Å². The SMILES string of the molecule is Cc1cccc(COc2ccc(/C=C3\C(=O)NC(=O)N(c4ccc(OCc5ccccc5Cl)cc4)C3=O)cc2Br)c1. The lowest BCUT2D eigenvalue weighted by molar-refractivity contribution is -0.122. The number of carbonyl (C=O) groups excluding carboxylic acids is 3. The number of halogens is 2. The molecule has 41 heavy (non-hydrogen) atoms. The summed E-state index contributed by atoms with van der Waals surface area (Å²) in [7, 11) is 0. The van der Waals surface area contributed by atoms with Gasteiger partial charge in [-0.2, -0.15) is 0 Å². The Hall–Kier alpha value is -4.40. The van der Waals surface area contributed by atoms with Crippen LogP contribution in [0.15, 0.2) is 101 Å². The third-order valence-electron chi connectivity index (χ3n) is 6.29. The highest BCUT2D eigenvalue weighted by Crippen LogP contribution is 2.29. The summed E-state index contributed by atoms with van der Waals surface area (Å²) in [6, 6.07) is 26.2. The van der Waals surface area contributed by atoms with E-state index in [1.807, 2.05) is 49.4 Å². The molecule has 9 heteroatoms. The van der Waals surface area contributed by atoms with Crippen LogP contribution in [-0.2, 0) is 22.8 Å². The van der Waals surface area contributed by atoms with E-state index in [0.717, 1.165) is 21.6 Å². The van der Waals surface area contributed by atoms with E-state index >= 15 is 0 Å². The number of nitrogens with one attached hydrogen (secondary N) is 1. The monoisotopic (exact) mass is 630 g/mol. The average molecular weight is 632 g/mol. The van der Waals surface area contributed by atoms with Crippen molar-refractivity contribution in [1.29, 1.82) is 0 Å². The quantitative estimate of drug-likeness (QED) is 0.164. The minimum Gasteiger partial charge on any atom is -0.489 e. The largest absolute Gasteiger partial charge is 0.489 e. The number of amides is 4. The molecule has 7 nitrogen and oxygen atoms in total. The number of anilines is 1. The molecule has 0 spiro atoms. The molecule has 1 aliphatic rings. The second-order valence-electron chi connectivity index (χ2n) is 9.30. The first-order valence-corrected chi connectivity index (χ1v) is 13.8. The van der Waals surface area contributed by atoms with Crippen molar-refractivity contribution < 1.29 is 23.9 Å². The van der Waals surface area contributed by atoms with Crippen LogP contribution in [-0.4, -0.2) is 17.8 Å². The van der Waals surface area contributed by atoms with Gasteiger partial charge in [-0.1, -0.05) is 65.7 Å². The molecule has 5 rings (SSSR count). The molecule has 1 fully saturated rings. The van der Waals surface area contributed by atoms with Gasteiger partial charge in [0.25, 0.3) is 11.8 Å². The van der Waals surface area contributed by atoms with E-state index in [4.69, 9.17) is 21.1 Å². The smallest absolute Gasteiger partial charge is 0.335 e. The summed E-state index contributed by atoms with van der Waals surface area (Å²) in [5.74, 6) is -0.368. The fourth-order valence-electron chi connectivity index (χ4n) is 4.21. The summed E-state index contributed by atoms with van der Waals surface area (Å²) < 4.78 is 12.4. The second kappa shape index (κ2) is 12.4. The molecule has 206 valence electrons. The molecule has 1 aliphatic heterocycles.